The molecular formula is C28H27FN4O3. The predicted octanol–water partition coefficient (Wildman–Crippen LogP) is 4.98. The third-order valence-electron chi connectivity index (χ3n) is 5.85. The third kappa shape index (κ3) is 5.67. The maximum absolute atomic E-state index is 13.7. The average Bonchev–Trinajstić information content (AvgIpc) is 3.22. The number of nitrogens with one attached hydrogen (secondary N) is 1. The molecule has 4 rings (SSSR count). The van der Waals surface area contributed by atoms with Gasteiger partial charge in [-0.25, -0.2) is 4.39 Å². The molecule has 3 N–H and O–H groups in total. The first-order valence-electron chi connectivity index (χ1n) is 11.5. The second-order valence-electron chi connectivity index (χ2n) is 8.51. The van der Waals surface area contributed by atoms with Gasteiger partial charge in [0.1, 0.15) is 17.1 Å². The van der Waals surface area contributed by atoms with Crippen LogP contribution in [0.15, 0.2) is 77.3 Å². The molecule has 0 aliphatic carbocycles. The number of carbonyl (C=O) groups excluding carboxylic acids is 2. The molecule has 2 amide bonds. The van der Waals surface area contributed by atoms with Gasteiger partial charge in [-0.1, -0.05) is 53.7 Å². The summed E-state index contributed by atoms with van der Waals surface area (Å²) in [5.41, 5.74) is 10.0. The van der Waals surface area contributed by atoms with Crippen molar-refractivity contribution in [1.29, 1.82) is 0 Å². The molecule has 1 aromatic heterocycles. The summed E-state index contributed by atoms with van der Waals surface area (Å²) in [4.78, 5) is 28.1. The second kappa shape index (κ2) is 11.0. The van der Waals surface area contributed by atoms with E-state index in [0.29, 0.717) is 35.8 Å². The van der Waals surface area contributed by atoms with Gasteiger partial charge < -0.3 is 20.5 Å². The monoisotopic (exact) mass is 486 g/mol. The van der Waals surface area contributed by atoms with Crippen LogP contribution in [0.1, 0.15) is 48.9 Å². The molecule has 0 fully saturated rings. The van der Waals surface area contributed by atoms with Crippen LogP contribution in [0.25, 0.3) is 0 Å². The number of nitrogens with zero attached hydrogens (tertiary/aromatic N) is 2. The van der Waals surface area contributed by atoms with Crippen molar-refractivity contribution in [1.82, 2.24) is 10.1 Å². The van der Waals surface area contributed by atoms with Crippen LogP contribution in [0.5, 0.6) is 0 Å². The molecule has 36 heavy (non-hydrogen) atoms. The molecule has 0 saturated carbocycles. The summed E-state index contributed by atoms with van der Waals surface area (Å²) >= 11 is 0. The predicted molar refractivity (Wildman–Crippen MR) is 135 cm³/mol. The van der Waals surface area contributed by atoms with Gasteiger partial charge in [-0.2, -0.15) is 0 Å². The number of hydrogen-bond acceptors (Lipinski definition) is 5. The number of benzene rings is 3. The first-order valence-corrected chi connectivity index (χ1v) is 11.5. The summed E-state index contributed by atoms with van der Waals surface area (Å²) in [6.07, 6.45) is 0. The smallest absolute Gasteiger partial charge is 0.259 e. The van der Waals surface area contributed by atoms with Crippen molar-refractivity contribution in [2.75, 3.05) is 5.32 Å². The molecular weight excluding hydrogens is 459 g/mol. The number of amides is 2. The Balaban J connectivity index is 1.65. The second-order valence-corrected chi connectivity index (χ2v) is 8.51. The van der Waals surface area contributed by atoms with Gasteiger partial charge in [0.25, 0.3) is 11.8 Å². The number of rotatable bonds is 8. The molecule has 184 valence electrons. The highest BCUT2D eigenvalue weighted by atomic mass is 19.1. The average molecular weight is 487 g/mol. The minimum atomic E-state index is -0.494. The Labute approximate surface area is 208 Å². The first kappa shape index (κ1) is 24.8. The number of aromatic nitrogens is 1. The number of carbonyl (C=O) groups is 2. The summed E-state index contributed by atoms with van der Waals surface area (Å²) in [7, 11) is 0. The number of nitrogens with two attached hydrogens (primary N) is 1. The molecule has 0 saturated heterocycles. The van der Waals surface area contributed by atoms with Gasteiger partial charge in [0.05, 0.1) is 5.69 Å². The maximum atomic E-state index is 13.7. The van der Waals surface area contributed by atoms with Gasteiger partial charge in [-0.05, 0) is 54.8 Å². The molecule has 0 unspecified atom stereocenters. The van der Waals surface area contributed by atoms with Gasteiger partial charge in [0.2, 0.25) is 0 Å². The molecule has 4 aromatic rings. The molecule has 1 heterocycles. The summed E-state index contributed by atoms with van der Waals surface area (Å²) < 4.78 is 18.9. The standard InChI is InChI=1S/C28H27FN4O3/c1-18-26(19(2)36-32-18)28(35)33(16-21-8-5-7-20(13-21)15-30)17-23-9-3-4-12-25(23)31-27(34)22-10-6-11-24(29)14-22/h3-14H,15-17,30H2,1-2H3,(H,31,34). The van der Waals surface area contributed by atoms with Gasteiger partial charge in [0.15, 0.2) is 0 Å². The summed E-state index contributed by atoms with van der Waals surface area (Å²) in [5.74, 6) is -0.741. The van der Waals surface area contributed by atoms with Gasteiger partial charge in [0, 0.05) is 30.9 Å². The van der Waals surface area contributed by atoms with E-state index in [2.05, 4.69) is 10.5 Å². The van der Waals surface area contributed by atoms with Crippen LogP contribution >= 0.6 is 0 Å². The van der Waals surface area contributed by atoms with E-state index < -0.39 is 11.7 Å². The van der Waals surface area contributed by atoms with Crippen LogP contribution in [0, 0.1) is 19.7 Å². The van der Waals surface area contributed by atoms with E-state index in [0.717, 1.165) is 16.7 Å². The number of anilines is 1. The Morgan fingerprint density at radius 3 is 2.44 bits per heavy atom. The van der Waals surface area contributed by atoms with E-state index in [9.17, 15) is 14.0 Å². The topological polar surface area (TPSA) is 101 Å². The first-order chi connectivity index (χ1) is 17.4. The zero-order valence-corrected chi connectivity index (χ0v) is 20.1. The van der Waals surface area contributed by atoms with Crippen LogP contribution in [-0.2, 0) is 19.6 Å². The van der Waals surface area contributed by atoms with Crippen molar-refractivity contribution < 1.29 is 18.5 Å². The molecule has 0 aliphatic rings. The summed E-state index contributed by atoms with van der Waals surface area (Å²) in [6, 6.07) is 20.4. The highest BCUT2D eigenvalue weighted by Crippen LogP contribution is 2.23. The lowest BCUT2D eigenvalue weighted by atomic mass is 10.1. The fourth-order valence-corrected chi connectivity index (χ4v) is 4.03. The van der Waals surface area contributed by atoms with E-state index in [-0.39, 0.29) is 18.0 Å². The summed E-state index contributed by atoms with van der Waals surface area (Å²) in [6.45, 7) is 4.33. The number of aryl methyl sites for hydroxylation is 2. The largest absolute Gasteiger partial charge is 0.361 e. The maximum Gasteiger partial charge on any atom is 0.259 e. The molecule has 0 aliphatic heterocycles. The number of halogens is 1. The van der Waals surface area contributed by atoms with Gasteiger partial charge in [-0.3, -0.25) is 9.59 Å². The normalized spacial score (nSPS) is 10.8. The zero-order valence-electron chi connectivity index (χ0n) is 20.1. The molecule has 3 aromatic carbocycles. The number of para-hydroxylation sites is 1. The minimum Gasteiger partial charge on any atom is -0.361 e. The van der Waals surface area contributed by atoms with Crippen molar-refractivity contribution in [2.45, 2.75) is 33.5 Å². The highest BCUT2D eigenvalue weighted by Gasteiger charge is 2.25. The van der Waals surface area contributed by atoms with E-state index in [1.54, 1.807) is 36.9 Å². The molecule has 0 radical (unpaired) electrons. The quantitative estimate of drug-likeness (QED) is 0.366. The molecule has 7 nitrogen and oxygen atoms in total. The SMILES string of the molecule is Cc1noc(C)c1C(=O)N(Cc1cccc(CN)c1)Cc1ccccc1NC(=O)c1cccc(F)c1. The van der Waals surface area contributed by atoms with Crippen molar-refractivity contribution in [3.8, 4) is 0 Å². The minimum absolute atomic E-state index is 0.201. The van der Waals surface area contributed by atoms with Crippen LogP contribution in [-0.4, -0.2) is 21.9 Å². The molecule has 0 atom stereocenters. The zero-order chi connectivity index (χ0) is 25.7. The van der Waals surface area contributed by atoms with E-state index >= 15 is 0 Å². The van der Waals surface area contributed by atoms with Crippen molar-refractivity contribution in [2.24, 2.45) is 5.73 Å². The van der Waals surface area contributed by atoms with Crippen LogP contribution < -0.4 is 11.1 Å². The highest BCUT2D eigenvalue weighted by molar-refractivity contribution is 6.04. The van der Waals surface area contributed by atoms with E-state index in [1.165, 1.54) is 18.2 Å². The van der Waals surface area contributed by atoms with Crippen LogP contribution in [0.2, 0.25) is 0 Å². The van der Waals surface area contributed by atoms with Crippen molar-refractivity contribution in [3.63, 3.8) is 0 Å². The van der Waals surface area contributed by atoms with Crippen LogP contribution in [0.4, 0.5) is 10.1 Å². The lowest BCUT2D eigenvalue weighted by Crippen LogP contribution is -2.31. The third-order valence-corrected chi connectivity index (χ3v) is 5.85. The lowest BCUT2D eigenvalue weighted by molar-refractivity contribution is 0.0728. The number of hydrogen-bond donors (Lipinski definition) is 2. The lowest BCUT2D eigenvalue weighted by Gasteiger charge is -2.24. The summed E-state index contributed by atoms with van der Waals surface area (Å²) in [5, 5.41) is 6.78. The van der Waals surface area contributed by atoms with Gasteiger partial charge in [-0.15, -0.1) is 0 Å². The van der Waals surface area contributed by atoms with Crippen molar-refractivity contribution >= 4 is 17.5 Å². The van der Waals surface area contributed by atoms with Gasteiger partial charge >= 0.3 is 0 Å². The Kier molecular flexibility index (Phi) is 7.56. The molecule has 0 spiro atoms. The van der Waals surface area contributed by atoms with E-state index in [1.807, 2.05) is 36.4 Å². The molecule has 0 bridgehead atoms. The van der Waals surface area contributed by atoms with Crippen LogP contribution in [0.3, 0.4) is 0 Å². The Hall–Kier alpha value is -4.30. The van der Waals surface area contributed by atoms with E-state index in [4.69, 9.17) is 10.3 Å². The fourth-order valence-electron chi connectivity index (χ4n) is 4.03. The molecule has 8 heteroatoms. The Morgan fingerprint density at radius 1 is 0.972 bits per heavy atom. The fraction of sp³-hybridized carbons (Fsp3) is 0.179. The Morgan fingerprint density at radius 2 is 1.72 bits per heavy atom. The van der Waals surface area contributed by atoms with Crippen molar-refractivity contribution in [3.05, 3.63) is 118 Å². The Bertz CT molecular complexity index is 1380.